The smallest absolute Gasteiger partial charge is 0.206 e. The van der Waals surface area contributed by atoms with Crippen LogP contribution in [0.5, 0.6) is 0 Å². The first-order chi connectivity index (χ1) is 10.9. The Balaban J connectivity index is 2.05. The van der Waals surface area contributed by atoms with Crippen molar-refractivity contribution in [3.05, 3.63) is 53.4 Å². The van der Waals surface area contributed by atoms with Gasteiger partial charge in [-0.3, -0.25) is 9.78 Å². The molecule has 0 aromatic carbocycles. The van der Waals surface area contributed by atoms with Crippen LogP contribution in [0, 0.1) is 0 Å². The van der Waals surface area contributed by atoms with Crippen molar-refractivity contribution in [2.75, 3.05) is 5.32 Å². The minimum absolute atomic E-state index is 0.107. The maximum Gasteiger partial charge on any atom is 0.206 e. The molecule has 6 heteroatoms. The van der Waals surface area contributed by atoms with E-state index in [9.17, 15) is 4.79 Å². The lowest BCUT2D eigenvalue weighted by atomic mass is 10.1. The zero-order valence-electron chi connectivity index (χ0n) is 13.2. The normalized spacial score (nSPS) is 11.4. The van der Waals surface area contributed by atoms with Crippen molar-refractivity contribution in [2.24, 2.45) is 0 Å². The van der Waals surface area contributed by atoms with Crippen LogP contribution in [0.25, 0.3) is 11.5 Å². The van der Waals surface area contributed by atoms with E-state index in [0.29, 0.717) is 27.0 Å². The van der Waals surface area contributed by atoms with Gasteiger partial charge in [-0.05, 0) is 45.0 Å². The molecule has 0 aliphatic heterocycles. The Morgan fingerprint density at radius 3 is 2.70 bits per heavy atom. The van der Waals surface area contributed by atoms with Crippen LogP contribution in [0.3, 0.4) is 0 Å². The molecule has 5 nitrogen and oxygen atoms in total. The summed E-state index contributed by atoms with van der Waals surface area (Å²) in [6.07, 6.45) is 4.78. The van der Waals surface area contributed by atoms with Gasteiger partial charge < -0.3 is 9.73 Å². The number of pyridine rings is 1. The number of carbonyl (C=O) groups is 1. The molecule has 118 valence electrons. The molecule has 0 amide bonds. The SMILES string of the molecule is CC(C)(C)Nc1nc(-c2ccco2)c(C(=O)c2cccnc2)s1. The van der Waals surface area contributed by atoms with Crippen molar-refractivity contribution in [3.8, 4) is 11.5 Å². The number of hydrogen-bond donors (Lipinski definition) is 1. The molecule has 1 N–H and O–H groups in total. The zero-order chi connectivity index (χ0) is 16.4. The Morgan fingerprint density at radius 2 is 2.09 bits per heavy atom. The van der Waals surface area contributed by atoms with Gasteiger partial charge in [-0.25, -0.2) is 4.98 Å². The highest BCUT2D eigenvalue weighted by atomic mass is 32.1. The van der Waals surface area contributed by atoms with E-state index in [1.54, 1.807) is 42.9 Å². The van der Waals surface area contributed by atoms with Crippen molar-refractivity contribution >= 4 is 22.3 Å². The van der Waals surface area contributed by atoms with Crippen LogP contribution in [0.15, 0.2) is 47.3 Å². The summed E-state index contributed by atoms with van der Waals surface area (Å²) in [5, 5.41) is 4.00. The van der Waals surface area contributed by atoms with Crippen LogP contribution in [0.4, 0.5) is 5.13 Å². The molecule has 0 spiro atoms. The number of furan rings is 1. The van der Waals surface area contributed by atoms with E-state index in [4.69, 9.17) is 4.42 Å². The first kappa shape index (κ1) is 15.4. The highest BCUT2D eigenvalue weighted by Gasteiger charge is 2.24. The Labute approximate surface area is 138 Å². The van der Waals surface area contributed by atoms with Gasteiger partial charge in [0.25, 0.3) is 0 Å². The third kappa shape index (κ3) is 3.48. The van der Waals surface area contributed by atoms with Gasteiger partial charge in [-0.15, -0.1) is 0 Å². The average molecular weight is 327 g/mol. The summed E-state index contributed by atoms with van der Waals surface area (Å²) in [7, 11) is 0. The summed E-state index contributed by atoms with van der Waals surface area (Å²) >= 11 is 1.33. The summed E-state index contributed by atoms with van der Waals surface area (Å²) in [4.78, 5) is 21.9. The van der Waals surface area contributed by atoms with Crippen LogP contribution in [0.1, 0.15) is 36.0 Å². The quantitative estimate of drug-likeness (QED) is 0.726. The van der Waals surface area contributed by atoms with Gasteiger partial charge in [0.2, 0.25) is 5.78 Å². The molecule has 0 fully saturated rings. The molecule has 0 unspecified atom stereocenters. The first-order valence-electron chi connectivity index (χ1n) is 7.22. The average Bonchev–Trinajstić information content (AvgIpc) is 3.14. The molecule has 0 aliphatic carbocycles. The molecule has 0 atom stereocenters. The minimum atomic E-state index is -0.146. The Morgan fingerprint density at radius 1 is 1.26 bits per heavy atom. The highest BCUT2D eigenvalue weighted by Crippen LogP contribution is 2.34. The molecule has 0 saturated carbocycles. The predicted molar refractivity (Wildman–Crippen MR) is 90.9 cm³/mol. The largest absolute Gasteiger partial charge is 0.463 e. The zero-order valence-corrected chi connectivity index (χ0v) is 14.0. The summed E-state index contributed by atoms with van der Waals surface area (Å²) in [6.45, 7) is 6.14. The van der Waals surface area contributed by atoms with Crippen molar-refractivity contribution in [2.45, 2.75) is 26.3 Å². The lowest BCUT2D eigenvalue weighted by Gasteiger charge is -2.19. The second-order valence-electron chi connectivity index (χ2n) is 6.12. The summed E-state index contributed by atoms with van der Waals surface area (Å²) < 4.78 is 5.44. The molecular formula is C17H17N3O2S. The molecule has 3 aromatic heterocycles. The number of thiazole rings is 1. The fraction of sp³-hybridized carbons (Fsp3) is 0.235. The van der Waals surface area contributed by atoms with Gasteiger partial charge in [-0.1, -0.05) is 11.3 Å². The van der Waals surface area contributed by atoms with Crippen molar-refractivity contribution < 1.29 is 9.21 Å². The summed E-state index contributed by atoms with van der Waals surface area (Å²) in [6, 6.07) is 7.08. The first-order valence-corrected chi connectivity index (χ1v) is 8.03. The van der Waals surface area contributed by atoms with Gasteiger partial charge >= 0.3 is 0 Å². The van der Waals surface area contributed by atoms with Crippen molar-refractivity contribution in [1.29, 1.82) is 0 Å². The number of nitrogens with zero attached hydrogens (tertiary/aromatic N) is 2. The van der Waals surface area contributed by atoms with E-state index in [1.807, 2.05) is 20.8 Å². The lowest BCUT2D eigenvalue weighted by molar-refractivity contribution is 0.104. The molecule has 3 rings (SSSR count). The second kappa shape index (κ2) is 5.96. The predicted octanol–water partition coefficient (Wildman–Crippen LogP) is 4.24. The molecule has 23 heavy (non-hydrogen) atoms. The van der Waals surface area contributed by atoms with Crippen LogP contribution in [-0.4, -0.2) is 21.3 Å². The lowest BCUT2D eigenvalue weighted by Crippen LogP contribution is -2.25. The van der Waals surface area contributed by atoms with Crippen LogP contribution in [-0.2, 0) is 0 Å². The van der Waals surface area contributed by atoms with Crippen molar-refractivity contribution in [3.63, 3.8) is 0 Å². The van der Waals surface area contributed by atoms with Crippen molar-refractivity contribution in [1.82, 2.24) is 9.97 Å². The topological polar surface area (TPSA) is 68.0 Å². The second-order valence-corrected chi connectivity index (χ2v) is 7.12. The van der Waals surface area contributed by atoms with E-state index in [0.717, 1.165) is 0 Å². The van der Waals surface area contributed by atoms with Crippen LogP contribution >= 0.6 is 11.3 Å². The maximum atomic E-state index is 12.8. The Bertz CT molecular complexity index is 802. The van der Waals surface area contributed by atoms with Gasteiger partial charge in [0.15, 0.2) is 10.9 Å². The number of hydrogen-bond acceptors (Lipinski definition) is 6. The number of ketones is 1. The van der Waals surface area contributed by atoms with E-state index in [-0.39, 0.29) is 11.3 Å². The van der Waals surface area contributed by atoms with E-state index in [2.05, 4.69) is 15.3 Å². The Kier molecular flexibility index (Phi) is 4.00. The number of anilines is 1. The third-order valence-corrected chi connectivity index (χ3v) is 3.96. The van der Waals surface area contributed by atoms with E-state index >= 15 is 0 Å². The third-order valence-electron chi connectivity index (χ3n) is 2.99. The minimum Gasteiger partial charge on any atom is -0.463 e. The van der Waals surface area contributed by atoms with Gasteiger partial charge in [0.05, 0.1) is 6.26 Å². The van der Waals surface area contributed by atoms with Gasteiger partial charge in [0.1, 0.15) is 10.6 Å². The van der Waals surface area contributed by atoms with E-state index in [1.165, 1.54) is 11.3 Å². The molecule has 3 heterocycles. The molecular weight excluding hydrogens is 310 g/mol. The van der Waals surface area contributed by atoms with Crippen LogP contribution in [0.2, 0.25) is 0 Å². The fourth-order valence-corrected chi connectivity index (χ4v) is 3.20. The number of nitrogens with one attached hydrogen (secondary N) is 1. The monoisotopic (exact) mass is 327 g/mol. The van der Waals surface area contributed by atoms with Crippen LogP contribution < -0.4 is 5.32 Å². The summed E-state index contributed by atoms with van der Waals surface area (Å²) in [5.41, 5.74) is 0.944. The molecule has 0 aliphatic rings. The van der Waals surface area contributed by atoms with Gasteiger partial charge in [0, 0.05) is 23.5 Å². The molecule has 0 bridgehead atoms. The van der Waals surface area contributed by atoms with E-state index < -0.39 is 0 Å². The highest BCUT2D eigenvalue weighted by molar-refractivity contribution is 7.18. The number of aromatic nitrogens is 2. The molecule has 0 saturated heterocycles. The molecule has 0 radical (unpaired) electrons. The maximum absolute atomic E-state index is 12.8. The number of carbonyl (C=O) groups excluding carboxylic acids is 1. The fourth-order valence-electron chi connectivity index (χ4n) is 2.06. The number of rotatable bonds is 4. The van der Waals surface area contributed by atoms with Gasteiger partial charge in [-0.2, -0.15) is 0 Å². The Hall–Kier alpha value is -2.47. The standard InChI is InChI=1S/C17H17N3O2S/c1-17(2,3)20-16-19-13(12-7-5-9-22-12)15(23-16)14(21)11-6-4-8-18-10-11/h4-10H,1-3H3,(H,19,20). The molecule has 3 aromatic rings. The summed E-state index contributed by atoms with van der Waals surface area (Å²) in [5.74, 6) is 0.472.